The molecule has 3 heterocycles. The van der Waals surface area contributed by atoms with Crippen LogP contribution in [0.5, 0.6) is 0 Å². The first-order valence-corrected chi connectivity index (χ1v) is 19.5. The van der Waals surface area contributed by atoms with Crippen LogP contribution in [0.3, 0.4) is 0 Å². The Kier molecular flexibility index (Phi) is 7.71. The standard InChI is InChI=1S/C54H37N3/c1-36-20-26-43(27-21-36)56-52-19-11-9-17-46(52)48-32-40(25-31-53(48)56)41-24-30-47-45-16-8-10-18-51(45)57(54(47)35-41)44-28-22-37(23-29-44)42-33-49(38-12-4-2-5-13-38)55-50(34-42)39-14-6-3-7-15-39/h2-35H,1H3. The van der Waals surface area contributed by atoms with Crippen molar-refractivity contribution in [1.29, 1.82) is 0 Å². The Balaban J connectivity index is 1.03. The lowest BCUT2D eigenvalue weighted by Crippen LogP contribution is -1.95. The summed E-state index contributed by atoms with van der Waals surface area (Å²) >= 11 is 0. The van der Waals surface area contributed by atoms with Crippen LogP contribution < -0.4 is 0 Å². The van der Waals surface area contributed by atoms with Gasteiger partial charge < -0.3 is 9.13 Å². The molecule has 11 aromatic rings. The third-order valence-corrected chi connectivity index (χ3v) is 11.4. The maximum absolute atomic E-state index is 5.10. The molecule has 3 nitrogen and oxygen atoms in total. The molecular formula is C54H37N3. The zero-order valence-corrected chi connectivity index (χ0v) is 31.5. The van der Waals surface area contributed by atoms with E-state index in [4.69, 9.17) is 4.98 Å². The molecule has 0 atom stereocenters. The lowest BCUT2D eigenvalue weighted by Gasteiger charge is -2.12. The molecule has 0 aliphatic carbocycles. The zero-order valence-electron chi connectivity index (χ0n) is 31.5. The maximum Gasteiger partial charge on any atom is 0.0715 e. The first kappa shape index (κ1) is 32.9. The van der Waals surface area contributed by atoms with Gasteiger partial charge in [0.15, 0.2) is 0 Å². The van der Waals surface area contributed by atoms with Crippen LogP contribution in [0, 0.1) is 6.92 Å². The summed E-state index contributed by atoms with van der Waals surface area (Å²) in [6, 6.07) is 74.5. The molecule has 57 heavy (non-hydrogen) atoms. The fraction of sp³-hybridized carbons (Fsp3) is 0.0185. The summed E-state index contributed by atoms with van der Waals surface area (Å²) in [7, 11) is 0. The number of pyridine rings is 1. The van der Waals surface area contributed by atoms with Crippen molar-refractivity contribution < 1.29 is 0 Å². The smallest absolute Gasteiger partial charge is 0.0715 e. The average Bonchev–Trinajstić information content (AvgIpc) is 3.79. The Morgan fingerprint density at radius 1 is 0.298 bits per heavy atom. The molecule has 0 fully saturated rings. The molecule has 0 saturated heterocycles. The average molecular weight is 728 g/mol. The SMILES string of the molecule is Cc1ccc(-n2c3ccccc3c3cc(-c4ccc5c6ccccc6n(-c6ccc(-c7cc(-c8ccccc8)nc(-c8ccccc8)c7)cc6)c5c4)ccc32)cc1. The van der Waals surface area contributed by atoms with Crippen molar-refractivity contribution in [2.75, 3.05) is 0 Å². The molecule has 0 radical (unpaired) electrons. The molecule has 0 N–H and O–H groups in total. The van der Waals surface area contributed by atoms with Gasteiger partial charge in [0.05, 0.1) is 33.5 Å². The number of para-hydroxylation sites is 2. The zero-order chi connectivity index (χ0) is 37.9. The van der Waals surface area contributed by atoms with E-state index in [1.54, 1.807) is 0 Å². The molecule has 0 unspecified atom stereocenters. The van der Waals surface area contributed by atoms with Gasteiger partial charge in [0, 0.05) is 44.0 Å². The Morgan fingerprint density at radius 3 is 1.39 bits per heavy atom. The van der Waals surface area contributed by atoms with Crippen LogP contribution in [0.15, 0.2) is 206 Å². The van der Waals surface area contributed by atoms with Gasteiger partial charge in [-0.15, -0.1) is 0 Å². The van der Waals surface area contributed by atoms with Crippen LogP contribution in [-0.2, 0) is 0 Å². The third kappa shape index (κ3) is 5.63. The molecule has 0 saturated carbocycles. The van der Waals surface area contributed by atoms with Gasteiger partial charge in [-0.05, 0) is 95.9 Å². The Labute approximate surface area is 331 Å². The van der Waals surface area contributed by atoms with Crippen molar-refractivity contribution in [3.8, 4) is 56.1 Å². The first-order chi connectivity index (χ1) is 28.2. The fourth-order valence-corrected chi connectivity index (χ4v) is 8.57. The predicted molar refractivity (Wildman–Crippen MR) is 239 cm³/mol. The Morgan fingerprint density at radius 2 is 0.754 bits per heavy atom. The summed E-state index contributed by atoms with van der Waals surface area (Å²) in [5, 5.41) is 4.99. The number of nitrogens with zero attached hydrogens (tertiary/aromatic N) is 3. The second-order valence-corrected chi connectivity index (χ2v) is 14.9. The van der Waals surface area contributed by atoms with Crippen molar-refractivity contribution in [3.05, 3.63) is 212 Å². The number of benzene rings is 8. The minimum Gasteiger partial charge on any atom is -0.309 e. The summed E-state index contributed by atoms with van der Waals surface area (Å²) in [6.45, 7) is 2.14. The molecule has 3 aromatic heterocycles. The van der Waals surface area contributed by atoms with Crippen LogP contribution in [0.1, 0.15) is 5.56 Å². The maximum atomic E-state index is 5.10. The Hall–Kier alpha value is -7.49. The van der Waals surface area contributed by atoms with Gasteiger partial charge in [0.25, 0.3) is 0 Å². The van der Waals surface area contributed by atoms with Crippen LogP contribution >= 0.6 is 0 Å². The molecule has 0 spiro atoms. The lowest BCUT2D eigenvalue weighted by molar-refractivity contribution is 1.17. The highest BCUT2D eigenvalue weighted by atomic mass is 15.0. The highest BCUT2D eigenvalue weighted by Gasteiger charge is 2.17. The van der Waals surface area contributed by atoms with Crippen molar-refractivity contribution >= 4 is 43.6 Å². The van der Waals surface area contributed by atoms with Gasteiger partial charge in [0.2, 0.25) is 0 Å². The summed E-state index contributed by atoms with van der Waals surface area (Å²) < 4.78 is 4.80. The molecule has 0 bridgehead atoms. The molecule has 0 aliphatic heterocycles. The summed E-state index contributed by atoms with van der Waals surface area (Å²) in [5.74, 6) is 0. The van der Waals surface area contributed by atoms with Crippen molar-refractivity contribution in [2.45, 2.75) is 6.92 Å². The van der Waals surface area contributed by atoms with Crippen molar-refractivity contribution in [2.24, 2.45) is 0 Å². The molecule has 8 aromatic carbocycles. The quantitative estimate of drug-likeness (QED) is 0.167. The second kappa shape index (κ2) is 13.4. The van der Waals surface area contributed by atoms with Gasteiger partial charge in [-0.25, -0.2) is 4.98 Å². The van der Waals surface area contributed by atoms with Gasteiger partial charge in [-0.2, -0.15) is 0 Å². The number of aromatic nitrogens is 3. The van der Waals surface area contributed by atoms with E-state index in [9.17, 15) is 0 Å². The summed E-state index contributed by atoms with van der Waals surface area (Å²) in [4.78, 5) is 5.10. The highest BCUT2D eigenvalue weighted by Crippen LogP contribution is 2.39. The van der Waals surface area contributed by atoms with Gasteiger partial charge in [0.1, 0.15) is 0 Å². The van der Waals surface area contributed by atoms with Crippen LogP contribution in [0.4, 0.5) is 0 Å². The van der Waals surface area contributed by atoms with E-state index >= 15 is 0 Å². The number of hydrogen-bond acceptors (Lipinski definition) is 1. The van der Waals surface area contributed by atoms with E-state index in [1.165, 1.54) is 66.0 Å². The monoisotopic (exact) mass is 727 g/mol. The van der Waals surface area contributed by atoms with E-state index in [0.29, 0.717) is 0 Å². The second-order valence-electron chi connectivity index (χ2n) is 14.9. The number of fused-ring (bicyclic) bond motifs is 6. The summed E-state index contributed by atoms with van der Waals surface area (Å²) in [5.41, 5.74) is 17.2. The van der Waals surface area contributed by atoms with Gasteiger partial charge in [-0.3, -0.25) is 0 Å². The number of rotatable bonds is 6. The van der Waals surface area contributed by atoms with E-state index in [1.807, 2.05) is 12.1 Å². The van der Waals surface area contributed by atoms with E-state index in [0.717, 1.165) is 39.3 Å². The third-order valence-electron chi connectivity index (χ3n) is 11.4. The molecule has 11 rings (SSSR count). The molecule has 0 aliphatic rings. The first-order valence-electron chi connectivity index (χ1n) is 19.5. The number of hydrogen-bond donors (Lipinski definition) is 0. The molecule has 0 amide bonds. The van der Waals surface area contributed by atoms with E-state index in [2.05, 4.69) is 210 Å². The van der Waals surface area contributed by atoms with E-state index in [-0.39, 0.29) is 0 Å². The van der Waals surface area contributed by atoms with Crippen molar-refractivity contribution in [3.63, 3.8) is 0 Å². The largest absolute Gasteiger partial charge is 0.309 e. The van der Waals surface area contributed by atoms with Crippen LogP contribution in [-0.4, -0.2) is 14.1 Å². The van der Waals surface area contributed by atoms with Crippen LogP contribution in [0.2, 0.25) is 0 Å². The van der Waals surface area contributed by atoms with Gasteiger partial charge in [-0.1, -0.05) is 145 Å². The predicted octanol–water partition coefficient (Wildman–Crippen LogP) is 14.3. The number of aryl methyl sites for hydroxylation is 1. The minimum absolute atomic E-state index is 0.962. The van der Waals surface area contributed by atoms with E-state index < -0.39 is 0 Å². The summed E-state index contributed by atoms with van der Waals surface area (Å²) in [6.07, 6.45) is 0. The topological polar surface area (TPSA) is 22.8 Å². The van der Waals surface area contributed by atoms with Crippen LogP contribution in [0.25, 0.3) is 99.8 Å². The van der Waals surface area contributed by atoms with Crippen molar-refractivity contribution in [1.82, 2.24) is 14.1 Å². The minimum atomic E-state index is 0.962. The highest BCUT2D eigenvalue weighted by molar-refractivity contribution is 6.12. The normalized spacial score (nSPS) is 11.6. The fourth-order valence-electron chi connectivity index (χ4n) is 8.57. The Bertz CT molecular complexity index is 3200. The molecule has 268 valence electrons. The van der Waals surface area contributed by atoms with Gasteiger partial charge >= 0.3 is 0 Å². The lowest BCUT2D eigenvalue weighted by atomic mass is 9.99. The molecular weight excluding hydrogens is 691 g/mol. The molecule has 3 heteroatoms.